The fourth-order valence-electron chi connectivity index (χ4n) is 0.930. The second-order valence-electron chi connectivity index (χ2n) is 3.13. The third-order valence-corrected chi connectivity index (χ3v) is 1.94. The number of aldehydes is 1. The number of pyridine rings is 1. The minimum absolute atomic E-state index is 0.301. The molecule has 0 aromatic carbocycles. The Bertz CT molecular complexity index is 374. The fraction of sp³-hybridized carbons (Fsp3) is 0.222. The Hall–Kier alpha value is -1.75. The van der Waals surface area contributed by atoms with Crippen LogP contribution in [0.15, 0.2) is 18.5 Å². The lowest BCUT2D eigenvalue weighted by molar-refractivity contribution is -0.143. The number of carbonyl (C=O) groups excluding carboxylic acids is 1. The largest absolute Gasteiger partial charge is 0.480 e. The molecule has 1 aromatic rings. The van der Waals surface area contributed by atoms with Gasteiger partial charge in [-0.15, -0.1) is 0 Å². The number of nitrogens with zero attached hydrogens (tertiary/aromatic N) is 1. The molecule has 3 N–H and O–H groups in total. The van der Waals surface area contributed by atoms with Crippen LogP contribution in [0.5, 0.6) is 0 Å². The summed E-state index contributed by atoms with van der Waals surface area (Å²) in [6.07, 6.45) is 3.27. The second-order valence-corrected chi connectivity index (χ2v) is 3.13. The van der Waals surface area contributed by atoms with Crippen LogP contribution in [0.4, 0.5) is 0 Å². The van der Waals surface area contributed by atoms with Gasteiger partial charge < -0.3 is 10.8 Å². The molecule has 74 valence electrons. The molecular formula is C9H10N2O3. The molecule has 14 heavy (non-hydrogen) atoms. The summed E-state index contributed by atoms with van der Waals surface area (Å²) in [6.45, 7) is 1.35. The van der Waals surface area contributed by atoms with Gasteiger partial charge in [0, 0.05) is 23.5 Å². The molecule has 0 saturated heterocycles. The Kier molecular flexibility index (Phi) is 2.62. The summed E-state index contributed by atoms with van der Waals surface area (Å²) in [6, 6.07) is 1.41. The van der Waals surface area contributed by atoms with Crippen molar-refractivity contribution in [3.63, 3.8) is 0 Å². The maximum absolute atomic E-state index is 10.8. The minimum Gasteiger partial charge on any atom is -0.480 e. The molecule has 0 aliphatic heterocycles. The molecule has 0 spiro atoms. The van der Waals surface area contributed by atoms with Crippen molar-refractivity contribution in [3.8, 4) is 0 Å². The van der Waals surface area contributed by atoms with Crippen molar-refractivity contribution in [2.75, 3.05) is 0 Å². The van der Waals surface area contributed by atoms with E-state index >= 15 is 0 Å². The van der Waals surface area contributed by atoms with Gasteiger partial charge in [0.15, 0.2) is 6.29 Å². The molecule has 5 nitrogen and oxygen atoms in total. The van der Waals surface area contributed by atoms with E-state index < -0.39 is 11.5 Å². The summed E-state index contributed by atoms with van der Waals surface area (Å²) in [5.41, 5.74) is 4.63. The Labute approximate surface area is 80.6 Å². The summed E-state index contributed by atoms with van der Waals surface area (Å²) in [4.78, 5) is 24.9. The predicted molar refractivity (Wildman–Crippen MR) is 48.8 cm³/mol. The number of carboxylic acids is 1. The van der Waals surface area contributed by atoms with Crippen molar-refractivity contribution in [1.29, 1.82) is 0 Å². The molecule has 1 aromatic heterocycles. The first-order chi connectivity index (χ1) is 6.48. The summed E-state index contributed by atoms with van der Waals surface area (Å²) < 4.78 is 0. The van der Waals surface area contributed by atoms with Crippen molar-refractivity contribution < 1.29 is 14.7 Å². The molecule has 0 unspecified atom stereocenters. The highest BCUT2D eigenvalue weighted by atomic mass is 16.4. The van der Waals surface area contributed by atoms with Crippen LogP contribution < -0.4 is 5.73 Å². The maximum Gasteiger partial charge on any atom is 0.328 e. The molecule has 1 rings (SSSR count). The van der Waals surface area contributed by atoms with Gasteiger partial charge in [-0.05, 0) is 13.0 Å². The first kappa shape index (κ1) is 10.3. The molecular weight excluding hydrogens is 184 g/mol. The van der Waals surface area contributed by atoms with E-state index in [1.165, 1.54) is 25.4 Å². The Balaban J connectivity index is 3.18. The quantitative estimate of drug-likeness (QED) is 0.668. The lowest BCUT2D eigenvalue weighted by Crippen LogP contribution is -2.41. The van der Waals surface area contributed by atoms with Crippen LogP contribution in [0, 0.1) is 0 Å². The van der Waals surface area contributed by atoms with Crippen LogP contribution in [0.1, 0.15) is 22.8 Å². The van der Waals surface area contributed by atoms with Gasteiger partial charge >= 0.3 is 5.97 Å². The van der Waals surface area contributed by atoms with Crippen LogP contribution in [-0.2, 0) is 10.3 Å². The van der Waals surface area contributed by atoms with E-state index in [1.54, 1.807) is 0 Å². The summed E-state index contributed by atoms with van der Waals surface area (Å²) in [5, 5.41) is 8.82. The van der Waals surface area contributed by atoms with Crippen molar-refractivity contribution in [2.45, 2.75) is 12.5 Å². The molecule has 1 atom stereocenters. The number of hydrogen-bond acceptors (Lipinski definition) is 4. The van der Waals surface area contributed by atoms with Crippen LogP contribution in [0.3, 0.4) is 0 Å². The lowest BCUT2D eigenvalue weighted by atomic mass is 9.94. The number of nitrogens with two attached hydrogens (primary N) is 1. The normalized spacial score (nSPS) is 14.4. The standard InChI is InChI=1S/C9H10N2O3/c1-9(10,8(13)14)7-2-6(5-12)3-11-4-7/h2-5H,10H2,1H3,(H,13,14)/t9-/m0/s1. The Morgan fingerprint density at radius 2 is 2.29 bits per heavy atom. The van der Waals surface area contributed by atoms with Crippen molar-refractivity contribution in [1.82, 2.24) is 4.98 Å². The average molecular weight is 194 g/mol. The number of aromatic nitrogens is 1. The van der Waals surface area contributed by atoms with E-state index in [0.29, 0.717) is 17.4 Å². The summed E-state index contributed by atoms with van der Waals surface area (Å²) in [7, 11) is 0. The van der Waals surface area contributed by atoms with Gasteiger partial charge in [-0.3, -0.25) is 9.78 Å². The van der Waals surface area contributed by atoms with Gasteiger partial charge in [-0.1, -0.05) is 0 Å². The predicted octanol–water partition coefficient (Wildman–Crippen LogP) is 0.153. The second kappa shape index (κ2) is 3.55. The van der Waals surface area contributed by atoms with Crippen LogP contribution >= 0.6 is 0 Å². The molecule has 0 bridgehead atoms. The van der Waals surface area contributed by atoms with E-state index in [1.807, 2.05) is 0 Å². The number of carbonyl (C=O) groups is 2. The van der Waals surface area contributed by atoms with E-state index in [4.69, 9.17) is 10.8 Å². The number of carboxylic acid groups (broad SMARTS) is 1. The molecule has 0 saturated carbocycles. The monoisotopic (exact) mass is 194 g/mol. The van der Waals surface area contributed by atoms with E-state index in [0.717, 1.165) is 0 Å². The van der Waals surface area contributed by atoms with Gasteiger partial charge in [0.2, 0.25) is 0 Å². The summed E-state index contributed by atoms with van der Waals surface area (Å²) in [5.74, 6) is -1.16. The smallest absolute Gasteiger partial charge is 0.328 e. The van der Waals surface area contributed by atoms with Gasteiger partial charge in [0.1, 0.15) is 5.54 Å². The van der Waals surface area contributed by atoms with E-state index in [9.17, 15) is 9.59 Å². The SMILES string of the molecule is C[C@@](N)(C(=O)O)c1cncc(C=O)c1. The van der Waals surface area contributed by atoms with Crippen LogP contribution in [0.2, 0.25) is 0 Å². The zero-order chi connectivity index (χ0) is 10.8. The van der Waals surface area contributed by atoms with Crippen molar-refractivity contribution in [3.05, 3.63) is 29.6 Å². The van der Waals surface area contributed by atoms with Gasteiger partial charge in [-0.25, -0.2) is 4.79 Å². The first-order valence-electron chi connectivity index (χ1n) is 3.91. The number of aliphatic carboxylic acids is 1. The zero-order valence-electron chi connectivity index (χ0n) is 7.60. The zero-order valence-corrected chi connectivity index (χ0v) is 7.60. The third-order valence-electron chi connectivity index (χ3n) is 1.94. The van der Waals surface area contributed by atoms with Crippen molar-refractivity contribution in [2.24, 2.45) is 5.73 Å². The average Bonchev–Trinajstić information content (AvgIpc) is 2.17. The molecule has 0 fully saturated rings. The Morgan fingerprint density at radius 3 is 2.79 bits per heavy atom. The third kappa shape index (κ3) is 1.77. The van der Waals surface area contributed by atoms with E-state index in [-0.39, 0.29) is 0 Å². The molecule has 1 heterocycles. The number of rotatable bonds is 3. The minimum atomic E-state index is -1.52. The van der Waals surface area contributed by atoms with Crippen molar-refractivity contribution >= 4 is 12.3 Å². The number of hydrogen-bond donors (Lipinski definition) is 2. The molecule has 5 heteroatoms. The van der Waals surface area contributed by atoms with Crippen LogP contribution in [-0.4, -0.2) is 22.3 Å². The molecule has 0 amide bonds. The highest BCUT2D eigenvalue weighted by Crippen LogP contribution is 2.17. The van der Waals surface area contributed by atoms with E-state index in [2.05, 4.69) is 4.98 Å². The maximum atomic E-state index is 10.8. The summed E-state index contributed by atoms with van der Waals surface area (Å²) >= 11 is 0. The van der Waals surface area contributed by atoms with Crippen LogP contribution in [0.25, 0.3) is 0 Å². The molecule has 0 aliphatic carbocycles. The first-order valence-corrected chi connectivity index (χ1v) is 3.91. The lowest BCUT2D eigenvalue weighted by Gasteiger charge is -2.19. The highest BCUT2D eigenvalue weighted by Gasteiger charge is 2.30. The Morgan fingerprint density at radius 1 is 1.64 bits per heavy atom. The van der Waals surface area contributed by atoms with Gasteiger partial charge in [0.05, 0.1) is 0 Å². The molecule has 0 radical (unpaired) electrons. The van der Waals surface area contributed by atoms with Gasteiger partial charge in [0.25, 0.3) is 0 Å². The molecule has 0 aliphatic rings. The van der Waals surface area contributed by atoms with Gasteiger partial charge in [-0.2, -0.15) is 0 Å². The topological polar surface area (TPSA) is 93.3 Å². The highest BCUT2D eigenvalue weighted by molar-refractivity contribution is 5.81. The fourth-order valence-corrected chi connectivity index (χ4v) is 0.930.